The Morgan fingerprint density at radius 1 is 1.00 bits per heavy atom. The molecule has 0 spiro atoms. The van der Waals surface area contributed by atoms with Crippen LogP contribution in [0.2, 0.25) is 5.02 Å². The van der Waals surface area contributed by atoms with Gasteiger partial charge >= 0.3 is 11.9 Å². The summed E-state index contributed by atoms with van der Waals surface area (Å²) in [7, 11) is 1.32. The quantitative estimate of drug-likeness (QED) is 0.526. The van der Waals surface area contributed by atoms with Gasteiger partial charge in [-0.1, -0.05) is 17.7 Å². The molecule has 0 saturated heterocycles. The van der Waals surface area contributed by atoms with E-state index in [1.165, 1.54) is 25.3 Å². The molecule has 0 atom stereocenters. The van der Waals surface area contributed by atoms with Gasteiger partial charge in [-0.3, -0.25) is 9.59 Å². The molecule has 0 aliphatic rings. The van der Waals surface area contributed by atoms with Crippen molar-refractivity contribution in [1.29, 1.82) is 0 Å². The molecule has 0 radical (unpaired) electrons. The van der Waals surface area contributed by atoms with Crippen LogP contribution in [0.25, 0.3) is 0 Å². The van der Waals surface area contributed by atoms with E-state index in [0.29, 0.717) is 0 Å². The van der Waals surface area contributed by atoms with Crippen LogP contribution < -0.4 is 14.2 Å². The Bertz CT molecular complexity index is 790. The summed E-state index contributed by atoms with van der Waals surface area (Å²) in [6, 6.07) is 7.36. The molecule has 0 aliphatic heterocycles. The average molecular weight is 385 g/mol. The van der Waals surface area contributed by atoms with Crippen LogP contribution in [0, 0.1) is 11.6 Å². The number of halogens is 3. The normalized spacial score (nSPS) is 10.3. The van der Waals surface area contributed by atoms with E-state index in [1.807, 2.05) is 0 Å². The smallest absolute Gasteiger partial charge is 0.311 e. The van der Waals surface area contributed by atoms with Gasteiger partial charge in [-0.25, -0.2) is 8.78 Å². The molecule has 5 nitrogen and oxygen atoms in total. The Balaban J connectivity index is 1.82. The Kier molecular flexibility index (Phi) is 6.91. The van der Waals surface area contributed by atoms with Crippen LogP contribution in [0.5, 0.6) is 17.2 Å². The molecule has 0 saturated carbocycles. The van der Waals surface area contributed by atoms with Gasteiger partial charge < -0.3 is 14.2 Å². The highest BCUT2D eigenvalue weighted by Gasteiger charge is 2.15. The van der Waals surface area contributed by atoms with Crippen molar-refractivity contribution >= 4 is 23.5 Å². The van der Waals surface area contributed by atoms with E-state index in [0.717, 1.165) is 18.2 Å². The number of esters is 2. The summed E-state index contributed by atoms with van der Waals surface area (Å²) in [5.74, 6) is -2.86. The number of methoxy groups -OCH3 is 1. The van der Waals surface area contributed by atoms with E-state index in [-0.39, 0.29) is 41.5 Å². The number of para-hydroxylation sites is 1. The maximum absolute atomic E-state index is 13.5. The number of benzene rings is 2. The van der Waals surface area contributed by atoms with Gasteiger partial charge in [0, 0.05) is 18.9 Å². The Morgan fingerprint density at radius 2 is 1.69 bits per heavy atom. The second-order valence-corrected chi connectivity index (χ2v) is 5.55. The predicted octanol–water partition coefficient (Wildman–Crippen LogP) is 4.31. The molecule has 0 heterocycles. The molecule has 26 heavy (non-hydrogen) atoms. The lowest BCUT2D eigenvalue weighted by molar-refractivity contribution is -0.136. The van der Waals surface area contributed by atoms with Crippen LogP contribution in [0.15, 0.2) is 36.4 Å². The fourth-order valence-electron chi connectivity index (χ4n) is 2.02. The summed E-state index contributed by atoms with van der Waals surface area (Å²) in [4.78, 5) is 23.5. The van der Waals surface area contributed by atoms with Crippen molar-refractivity contribution in [2.45, 2.75) is 19.3 Å². The van der Waals surface area contributed by atoms with Crippen molar-refractivity contribution in [1.82, 2.24) is 0 Å². The second kappa shape index (κ2) is 9.15. The van der Waals surface area contributed by atoms with E-state index in [2.05, 4.69) is 0 Å². The van der Waals surface area contributed by atoms with Gasteiger partial charge in [0.15, 0.2) is 23.1 Å². The average Bonchev–Trinajstić information content (AvgIpc) is 2.60. The van der Waals surface area contributed by atoms with Crippen molar-refractivity contribution in [3.8, 4) is 17.2 Å². The van der Waals surface area contributed by atoms with Crippen molar-refractivity contribution < 1.29 is 32.6 Å². The molecule has 0 N–H and O–H groups in total. The fraction of sp³-hybridized carbons (Fsp3) is 0.222. The van der Waals surface area contributed by atoms with Crippen molar-refractivity contribution in [3.05, 3.63) is 53.1 Å². The largest absolute Gasteiger partial charge is 0.493 e. The maximum atomic E-state index is 13.5. The van der Waals surface area contributed by atoms with E-state index < -0.39 is 23.6 Å². The van der Waals surface area contributed by atoms with Crippen LogP contribution in [0.4, 0.5) is 8.78 Å². The summed E-state index contributed by atoms with van der Waals surface area (Å²) >= 11 is 5.76. The van der Waals surface area contributed by atoms with Gasteiger partial charge in [0.05, 0.1) is 12.1 Å². The van der Waals surface area contributed by atoms with Gasteiger partial charge in [0.1, 0.15) is 5.82 Å². The van der Waals surface area contributed by atoms with Crippen molar-refractivity contribution in [3.63, 3.8) is 0 Å². The van der Waals surface area contributed by atoms with Gasteiger partial charge in [0.2, 0.25) is 0 Å². The molecule has 0 amide bonds. The number of hydrogen-bond acceptors (Lipinski definition) is 5. The Labute approximate surface area is 153 Å². The van der Waals surface area contributed by atoms with Crippen LogP contribution in [0.3, 0.4) is 0 Å². The SMILES string of the molecule is COc1cc(F)ccc1OC(=O)CCCC(=O)Oc1c(F)cccc1Cl. The van der Waals surface area contributed by atoms with Gasteiger partial charge in [0.25, 0.3) is 0 Å². The molecule has 0 aromatic heterocycles. The highest BCUT2D eigenvalue weighted by Crippen LogP contribution is 2.29. The molecule has 8 heteroatoms. The lowest BCUT2D eigenvalue weighted by Gasteiger charge is -2.09. The maximum Gasteiger partial charge on any atom is 0.311 e. The summed E-state index contributed by atoms with van der Waals surface area (Å²) in [6.45, 7) is 0. The van der Waals surface area contributed by atoms with Crippen molar-refractivity contribution in [2.24, 2.45) is 0 Å². The zero-order valence-electron chi connectivity index (χ0n) is 13.8. The predicted molar refractivity (Wildman–Crippen MR) is 89.5 cm³/mol. The standard InChI is InChI=1S/C18H15ClF2O5/c1-24-15-10-11(20)8-9-14(15)25-16(22)6-3-7-17(23)26-18-12(19)4-2-5-13(18)21/h2,4-5,8-10H,3,6-7H2,1H3. The summed E-state index contributed by atoms with van der Waals surface area (Å²) in [5.41, 5.74) is 0. The van der Waals surface area contributed by atoms with Crippen LogP contribution in [-0.4, -0.2) is 19.0 Å². The molecule has 0 unspecified atom stereocenters. The third kappa shape index (κ3) is 5.42. The molecule has 2 aromatic rings. The minimum atomic E-state index is -0.756. The van der Waals surface area contributed by atoms with Gasteiger partial charge in [-0.15, -0.1) is 0 Å². The first kappa shape index (κ1) is 19.7. The highest BCUT2D eigenvalue weighted by atomic mass is 35.5. The Hall–Kier alpha value is -2.67. The van der Waals surface area contributed by atoms with Crippen LogP contribution in [-0.2, 0) is 9.59 Å². The van der Waals surface area contributed by atoms with E-state index in [9.17, 15) is 18.4 Å². The third-order valence-corrected chi connectivity index (χ3v) is 3.54. The van der Waals surface area contributed by atoms with E-state index in [1.54, 1.807) is 0 Å². The van der Waals surface area contributed by atoms with Crippen LogP contribution in [0.1, 0.15) is 19.3 Å². The second-order valence-electron chi connectivity index (χ2n) is 5.15. The zero-order chi connectivity index (χ0) is 19.1. The molecule has 0 fully saturated rings. The third-order valence-electron chi connectivity index (χ3n) is 3.25. The summed E-state index contributed by atoms with van der Waals surface area (Å²) in [5, 5.41) is -0.0267. The summed E-state index contributed by atoms with van der Waals surface area (Å²) in [6.07, 6.45) is -0.117. The monoisotopic (exact) mass is 384 g/mol. The molecule has 138 valence electrons. The molecule has 0 bridgehead atoms. The van der Waals surface area contributed by atoms with Crippen LogP contribution >= 0.6 is 11.6 Å². The zero-order valence-corrected chi connectivity index (χ0v) is 14.5. The van der Waals surface area contributed by atoms with Crippen molar-refractivity contribution in [2.75, 3.05) is 7.11 Å². The number of ether oxygens (including phenoxy) is 3. The summed E-state index contributed by atoms with van der Waals surface area (Å²) < 4.78 is 41.5. The molecular weight excluding hydrogens is 370 g/mol. The molecule has 0 aliphatic carbocycles. The minimum Gasteiger partial charge on any atom is -0.493 e. The first-order valence-electron chi connectivity index (χ1n) is 7.59. The number of carbonyl (C=O) groups is 2. The van der Waals surface area contributed by atoms with E-state index >= 15 is 0 Å². The molecular formula is C18H15ClF2O5. The molecule has 2 aromatic carbocycles. The number of hydrogen-bond donors (Lipinski definition) is 0. The fourth-order valence-corrected chi connectivity index (χ4v) is 2.22. The van der Waals surface area contributed by atoms with Gasteiger partial charge in [-0.05, 0) is 30.7 Å². The highest BCUT2D eigenvalue weighted by molar-refractivity contribution is 6.32. The number of rotatable bonds is 7. The lowest BCUT2D eigenvalue weighted by Crippen LogP contribution is -2.12. The van der Waals surface area contributed by atoms with Gasteiger partial charge in [-0.2, -0.15) is 0 Å². The minimum absolute atomic E-state index is 0.0267. The van der Waals surface area contributed by atoms with E-state index in [4.69, 9.17) is 25.8 Å². The number of carbonyl (C=O) groups excluding carboxylic acids is 2. The molecule has 2 rings (SSSR count). The Morgan fingerprint density at radius 3 is 2.35 bits per heavy atom. The first-order chi connectivity index (χ1) is 12.4. The first-order valence-corrected chi connectivity index (χ1v) is 7.97. The lowest BCUT2D eigenvalue weighted by atomic mass is 10.2. The topological polar surface area (TPSA) is 61.8 Å².